The number of fused-ring (bicyclic) bond motifs is 1. The van der Waals surface area contributed by atoms with E-state index in [9.17, 15) is 18.0 Å². The molecule has 2 rings (SSSR count). The largest absolute Gasteiger partial charge is 0.273 e. The topological polar surface area (TPSA) is 71.5 Å². The number of nitrogens with zero attached hydrogens (tertiary/aromatic N) is 1. The summed E-state index contributed by atoms with van der Waals surface area (Å²) >= 11 is 2.06. The maximum atomic E-state index is 12.1. The molecule has 20 heavy (non-hydrogen) atoms. The summed E-state index contributed by atoms with van der Waals surface area (Å²) in [5.74, 6) is -0.916. The van der Waals surface area contributed by atoms with Gasteiger partial charge < -0.3 is 0 Å². The van der Waals surface area contributed by atoms with Gasteiger partial charge in [0.05, 0.1) is 16.9 Å². The molecular formula is C13H14INO4S. The Kier molecular flexibility index (Phi) is 4.48. The van der Waals surface area contributed by atoms with E-state index in [4.69, 9.17) is 0 Å². The summed E-state index contributed by atoms with van der Waals surface area (Å²) in [6.07, 6.45) is 0.530. The van der Waals surface area contributed by atoms with Gasteiger partial charge in [-0.15, -0.1) is 0 Å². The van der Waals surface area contributed by atoms with Crippen LogP contribution in [0.1, 0.15) is 34.1 Å². The third kappa shape index (κ3) is 3.03. The van der Waals surface area contributed by atoms with Gasteiger partial charge in [-0.05, 0) is 47.2 Å². The number of carbonyl (C=O) groups is 2. The first-order valence-corrected chi connectivity index (χ1v) is 9.12. The summed E-state index contributed by atoms with van der Waals surface area (Å²) in [7, 11) is -3.21. The normalized spacial score (nSPS) is 14.8. The van der Waals surface area contributed by atoms with Gasteiger partial charge in [0.1, 0.15) is 0 Å². The predicted octanol–water partition coefficient (Wildman–Crippen LogP) is 1.71. The van der Waals surface area contributed by atoms with E-state index in [0.717, 1.165) is 8.47 Å². The van der Waals surface area contributed by atoms with Gasteiger partial charge >= 0.3 is 0 Å². The summed E-state index contributed by atoms with van der Waals surface area (Å²) in [5, 5.41) is 0. The molecule has 0 N–H and O–H groups in total. The zero-order valence-electron chi connectivity index (χ0n) is 10.9. The minimum absolute atomic E-state index is 0.0774. The summed E-state index contributed by atoms with van der Waals surface area (Å²) in [5.41, 5.74) is 0.707. The fourth-order valence-corrected chi connectivity index (χ4v) is 3.89. The highest BCUT2D eigenvalue weighted by atomic mass is 127. The molecule has 0 fully saturated rings. The lowest BCUT2D eigenvalue weighted by atomic mass is 10.1. The zero-order chi connectivity index (χ0) is 14.9. The van der Waals surface area contributed by atoms with Crippen molar-refractivity contribution in [2.75, 3.05) is 18.1 Å². The van der Waals surface area contributed by atoms with Crippen LogP contribution in [0.25, 0.3) is 0 Å². The lowest BCUT2D eigenvalue weighted by Gasteiger charge is -2.13. The van der Waals surface area contributed by atoms with Crippen molar-refractivity contribution in [1.82, 2.24) is 4.90 Å². The lowest BCUT2D eigenvalue weighted by molar-refractivity contribution is 0.0664. The Balaban J connectivity index is 2.17. The SMILES string of the molecule is CCCS(=O)(=O)CCN1C(=O)c2ccc(I)cc2C1=O. The van der Waals surface area contributed by atoms with Crippen molar-refractivity contribution in [3.05, 3.63) is 32.9 Å². The van der Waals surface area contributed by atoms with Gasteiger partial charge in [-0.3, -0.25) is 14.5 Å². The van der Waals surface area contributed by atoms with Crippen LogP contribution < -0.4 is 0 Å². The number of imide groups is 1. The highest BCUT2D eigenvalue weighted by Crippen LogP contribution is 2.24. The summed E-state index contributed by atoms with van der Waals surface area (Å²) in [6.45, 7) is 1.70. The molecule has 0 bridgehead atoms. The molecular weight excluding hydrogens is 393 g/mol. The van der Waals surface area contributed by atoms with E-state index < -0.39 is 21.7 Å². The Morgan fingerprint density at radius 1 is 1.10 bits per heavy atom. The number of halogens is 1. The predicted molar refractivity (Wildman–Crippen MR) is 83.5 cm³/mol. The minimum atomic E-state index is -3.21. The van der Waals surface area contributed by atoms with Gasteiger partial charge in [-0.2, -0.15) is 0 Å². The quantitative estimate of drug-likeness (QED) is 0.551. The van der Waals surface area contributed by atoms with Crippen LogP contribution in [0.3, 0.4) is 0 Å². The molecule has 0 saturated carbocycles. The van der Waals surface area contributed by atoms with Gasteiger partial charge in [0.15, 0.2) is 9.84 Å². The molecule has 0 aromatic heterocycles. The van der Waals surface area contributed by atoms with Crippen molar-refractivity contribution in [3.8, 4) is 0 Å². The first-order chi connectivity index (χ1) is 9.35. The first-order valence-electron chi connectivity index (χ1n) is 6.22. The van der Waals surface area contributed by atoms with Gasteiger partial charge in [0.2, 0.25) is 0 Å². The van der Waals surface area contributed by atoms with E-state index in [1.54, 1.807) is 25.1 Å². The van der Waals surface area contributed by atoms with Crippen molar-refractivity contribution < 1.29 is 18.0 Å². The highest BCUT2D eigenvalue weighted by Gasteiger charge is 2.35. The highest BCUT2D eigenvalue weighted by molar-refractivity contribution is 14.1. The lowest BCUT2D eigenvalue weighted by Crippen LogP contribution is -2.34. The Labute approximate surface area is 131 Å². The van der Waals surface area contributed by atoms with Crippen LogP contribution in [0.15, 0.2) is 18.2 Å². The van der Waals surface area contributed by atoms with E-state index in [1.165, 1.54) is 0 Å². The number of hydrogen-bond acceptors (Lipinski definition) is 4. The first kappa shape index (κ1) is 15.4. The fraction of sp³-hybridized carbons (Fsp3) is 0.385. The van der Waals surface area contributed by atoms with Crippen LogP contribution in [0.5, 0.6) is 0 Å². The van der Waals surface area contributed by atoms with Crippen molar-refractivity contribution in [2.24, 2.45) is 0 Å². The second-order valence-electron chi connectivity index (χ2n) is 4.60. The number of benzene rings is 1. The van der Waals surface area contributed by atoms with Crippen LogP contribution in [-0.2, 0) is 9.84 Å². The van der Waals surface area contributed by atoms with E-state index in [2.05, 4.69) is 22.6 Å². The molecule has 5 nitrogen and oxygen atoms in total. The minimum Gasteiger partial charge on any atom is -0.273 e. The maximum Gasteiger partial charge on any atom is 0.261 e. The van der Waals surface area contributed by atoms with Crippen LogP contribution in [0.2, 0.25) is 0 Å². The molecule has 1 aliphatic heterocycles. The molecule has 1 aromatic rings. The Hall–Kier alpha value is -0.960. The molecule has 0 saturated heterocycles. The van der Waals surface area contributed by atoms with E-state index in [-0.39, 0.29) is 18.1 Å². The van der Waals surface area contributed by atoms with Crippen molar-refractivity contribution in [2.45, 2.75) is 13.3 Å². The van der Waals surface area contributed by atoms with Crippen LogP contribution >= 0.6 is 22.6 Å². The van der Waals surface area contributed by atoms with Crippen LogP contribution in [0.4, 0.5) is 0 Å². The zero-order valence-corrected chi connectivity index (χ0v) is 13.9. The van der Waals surface area contributed by atoms with Crippen molar-refractivity contribution >= 4 is 44.2 Å². The van der Waals surface area contributed by atoms with E-state index >= 15 is 0 Å². The summed E-state index contributed by atoms with van der Waals surface area (Å²) in [6, 6.07) is 5.01. The number of rotatable bonds is 5. The smallest absolute Gasteiger partial charge is 0.261 e. The molecule has 0 atom stereocenters. The molecule has 1 aromatic carbocycles. The van der Waals surface area contributed by atoms with Gasteiger partial charge in [-0.25, -0.2) is 8.42 Å². The molecule has 7 heteroatoms. The average Bonchev–Trinajstić information content (AvgIpc) is 2.59. The molecule has 0 aliphatic carbocycles. The Morgan fingerprint density at radius 3 is 2.40 bits per heavy atom. The molecule has 1 heterocycles. The number of carbonyl (C=O) groups excluding carboxylic acids is 2. The molecule has 0 radical (unpaired) electrons. The molecule has 0 unspecified atom stereocenters. The van der Waals surface area contributed by atoms with Gasteiger partial charge in [0, 0.05) is 15.9 Å². The van der Waals surface area contributed by atoms with Gasteiger partial charge in [0.25, 0.3) is 11.8 Å². The number of hydrogen-bond donors (Lipinski definition) is 0. The molecule has 0 spiro atoms. The second-order valence-corrected chi connectivity index (χ2v) is 8.15. The standard InChI is InChI=1S/C13H14INO4S/c1-2-6-20(18,19)7-5-15-12(16)10-4-3-9(14)8-11(10)13(15)17/h3-4,8H,2,5-7H2,1H3. The Bertz CT molecular complexity index is 669. The van der Waals surface area contributed by atoms with E-state index in [0.29, 0.717) is 17.5 Å². The summed E-state index contributed by atoms with van der Waals surface area (Å²) in [4.78, 5) is 25.3. The maximum absolute atomic E-state index is 12.1. The van der Waals surface area contributed by atoms with Crippen LogP contribution in [-0.4, -0.2) is 43.2 Å². The van der Waals surface area contributed by atoms with Crippen molar-refractivity contribution in [3.63, 3.8) is 0 Å². The number of sulfone groups is 1. The molecule has 1 aliphatic rings. The average molecular weight is 407 g/mol. The second kappa shape index (κ2) is 5.80. The number of amides is 2. The third-order valence-corrected chi connectivity index (χ3v) is 5.58. The third-order valence-electron chi connectivity index (χ3n) is 3.07. The monoisotopic (exact) mass is 407 g/mol. The molecule has 2 amide bonds. The Morgan fingerprint density at radius 2 is 1.75 bits per heavy atom. The molecule has 108 valence electrons. The van der Waals surface area contributed by atoms with Crippen LogP contribution in [0, 0.1) is 3.57 Å². The van der Waals surface area contributed by atoms with Gasteiger partial charge in [-0.1, -0.05) is 6.92 Å². The van der Waals surface area contributed by atoms with E-state index in [1.807, 2.05) is 0 Å². The van der Waals surface area contributed by atoms with Crippen molar-refractivity contribution in [1.29, 1.82) is 0 Å². The summed E-state index contributed by atoms with van der Waals surface area (Å²) < 4.78 is 24.2. The fourth-order valence-electron chi connectivity index (χ4n) is 2.11.